The molecule has 1 atom stereocenters. The highest BCUT2D eigenvalue weighted by Gasteiger charge is 2.38. The van der Waals surface area contributed by atoms with Crippen LogP contribution in [0.3, 0.4) is 0 Å². The molecule has 0 radical (unpaired) electrons. The van der Waals surface area contributed by atoms with Gasteiger partial charge >= 0.3 is 11.9 Å². The predicted molar refractivity (Wildman–Crippen MR) is 120 cm³/mol. The van der Waals surface area contributed by atoms with Gasteiger partial charge in [0.05, 0.1) is 26.5 Å². The number of aryl methyl sites for hydroxylation is 1. The Morgan fingerprint density at radius 2 is 1.97 bits per heavy atom. The number of hydrogen-bond acceptors (Lipinski definition) is 9. The first-order chi connectivity index (χ1) is 15.7. The molecule has 180 valence electrons. The van der Waals surface area contributed by atoms with Gasteiger partial charge in [-0.2, -0.15) is 0 Å². The number of halogens is 1. The highest BCUT2D eigenvalue weighted by molar-refractivity contribution is 9.10. The molecular weight excluding hydrogens is 522 g/mol. The van der Waals surface area contributed by atoms with Crippen molar-refractivity contribution in [3.05, 3.63) is 28.9 Å². The van der Waals surface area contributed by atoms with Crippen molar-refractivity contribution in [1.29, 1.82) is 0 Å². The van der Waals surface area contributed by atoms with Gasteiger partial charge in [0.2, 0.25) is 0 Å². The third kappa shape index (κ3) is 5.58. The molecule has 2 aromatic rings. The van der Waals surface area contributed by atoms with Crippen LogP contribution in [-0.2, 0) is 35.6 Å². The van der Waals surface area contributed by atoms with Crippen molar-refractivity contribution in [3.63, 3.8) is 0 Å². The van der Waals surface area contributed by atoms with Gasteiger partial charge in [-0.1, -0.05) is 15.9 Å². The fraction of sp³-hybridized carbons (Fsp3) is 0.450. The Morgan fingerprint density at radius 3 is 2.64 bits per heavy atom. The SMILES string of the molecule is CCn1cc(S(=O)(=O)N2C[C@H](CCC(=O)OC)Oc3ccc(Br)cc32)c(OCC(=O)OC)n1. The number of fused-ring (bicyclic) bond motifs is 1. The zero-order chi connectivity index (χ0) is 24.2. The van der Waals surface area contributed by atoms with Crippen molar-refractivity contribution in [2.75, 3.05) is 31.7 Å². The van der Waals surface area contributed by atoms with E-state index in [4.69, 9.17) is 9.47 Å². The monoisotopic (exact) mass is 545 g/mol. The molecule has 0 amide bonds. The van der Waals surface area contributed by atoms with E-state index in [1.807, 2.05) is 0 Å². The molecule has 1 aromatic carbocycles. The first-order valence-electron chi connectivity index (χ1n) is 10.0. The second-order valence-electron chi connectivity index (χ2n) is 7.02. The smallest absolute Gasteiger partial charge is 0.343 e. The summed E-state index contributed by atoms with van der Waals surface area (Å²) >= 11 is 3.36. The van der Waals surface area contributed by atoms with E-state index >= 15 is 0 Å². The number of carbonyl (C=O) groups excluding carboxylic acids is 2. The standard InChI is InChI=1S/C20H24BrN3O8S/c1-4-23-11-17(20(22-23)31-12-19(26)30-3)33(27,28)24-10-14(6-8-18(25)29-2)32-16-7-5-13(21)9-15(16)24/h5,7,9,11,14H,4,6,8,10,12H2,1-3H3/t14-/m0/s1. The second-order valence-corrected chi connectivity index (χ2v) is 9.77. The summed E-state index contributed by atoms with van der Waals surface area (Å²) in [6.45, 7) is 1.64. The summed E-state index contributed by atoms with van der Waals surface area (Å²) in [5, 5.41) is 4.14. The van der Waals surface area contributed by atoms with Crippen LogP contribution in [0.1, 0.15) is 19.8 Å². The minimum absolute atomic E-state index is 0.0451. The van der Waals surface area contributed by atoms with Gasteiger partial charge in [-0.3, -0.25) is 13.8 Å². The number of methoxy groups -OCH3 is 2. The number of nitrogens with zero attached hydrogens (tertiary/aromatic N) is 3. The zero-order valence-electron chi connectivity index (χ0n) is 18.3. The molecule has 0 bridgehead atoms. The van der Waals surface area contributed by atoms with E-state index in [0.29, 0.717) is 22.5 Å². The average molecular weight is 546 g/mol. The Kier molecular flexibility index (Phi) is 7.84. The van der Waals surface area contributed by atoms with Crippen molar-refractivity contribution in [2.24, 2.45) is 0 Å². The van der Waals surface area contributed by atoms with Gasteiger partial charge < -0.3 is 18.9 Å². The number of rotatable bonds is 9. The minimum atomic E-state index is -4.19. The molecule has 0 N–H and O–H groups in total. The van der Waals surface area contributed by atoms with Gasteiger partial charge in [-0.05, 0) is 31.5 Å². The quantitative estimate of drug-likeness (QED) is 0.435. The molecule has 0 spiro atoms. The Balaban J connectivity index is 2.00. The molecule has 0 saturated heterocycles. The van der Waals surface area contributed by atoms with Gasteiger partial charge in [0.25, 0.3) is 15.9 Å². The molecule has 1 aliphatic rings. The van der Waals surface area contributed by atoms with E-state index in [9.17, 15) is 18.0 Å². The van der Waals surface area contributed by atoms with E-state index in [2.05, 4.69) is 30.5 Å². The largest absolute Gasteiger partial charge is 0.486 e. The van der Waals surface area contributed by atoms with Gasteiger partial charge in [-0.25, -0.2) is 13.2 Å². The van der Waals surface area contributed by atoms with E-state index in [1.165, 1.54) is 29.4 Å². The summed E-state index contributed by atoms with van der Waals surface area (Å²) in [5.41, 5.74) is 0.321. The lowest BCUT2D eigenvalue weighted by molar-refractivity contribution is -0.143. The summed E-state index contributed by atoms with van der Waals surface area (Å²) in [6, 6.07) is 5.01. The maximum absolute atomic E-state index is 13.8. The summed E-state index contributed by atoms with van der Waals surface area (Å²) < 4.78 is 51.4. The van der Waals surface area contributed by atoms with Crippen molar-refractivity contribution in [2.45, 2.75) is 37.3 Å². The van der Waals surface area contributed by atoms with Gasteiger partial charge in [0.15, 0.2) is 11.5 Å². The average Bonchev–Trinajstić information content (AvgIpc) is 3.24. The fourth-order valence-corrected chi connectivity index (χ4v) is 5.10. The highest BCUT2D eigenvalue weighted by Crippen LogP contribution is 2.40. The van der Waals surface area contributed by atoms with Crippen molar-refractivity contribution in [1.82, 2.24) is 9.78 Å². The molecule has 13 heteroatoms. The number of aromatic nitrogens is 2. The van der Waals surface area contributed by atoms with Crippen molar-refractivity contribution >= 4 is 43.6 Å². The molecule has 0 aliphatic carbocycles. The van der Waals surface area contributed by atoms with Crippen molar-refractivity contribution in [3.8, 4) is 11.6 Å². The molecule has 0 fully saturated rings. The highest BCUT2D eigenvalue weighted by atomic mass is 79.9. The van der Waals surface area contributed by atoms with Crippen LogP contribution in [0.25, 0.3) is 0 Å². The van der Waals surface area contributed by atoms with Crippen LogP contribution in [0.2, 0.25) is 0 Å². The summed E-state index contributed by atoms with van der Waals surface area (Å²) in [7, 11) is -1.70. The second kappa shape index (κ2) is 10.4. The first-order valence-corrected chi connectivity index (χ1v) is 12.3. The normalized spacial score (nSPS) is 15.4. The Hall–Kier alpha value is -2.80. The topological polar surface area (TPSA) is 126 Å². The molecule has 3 rings (SSSR count). The minimum Gasteiger partial charge on any atom is -0.486 e. The summed E-state index contributed by atoms with van der Waals surface area (Å²) in [6.07, 6.45) is 1.09. The van der Waals surface area contributed by atoms with Crippen LogP contribution in [-0.4, -0.2) is 63.6 Å². The zero-order valence-corrected chi connectivity index (χ0v) is 20.7. The lowest BCUT2D eigenvalue weighted by atomic mass is 10.1. The maximum Gasteiger partial charge on any atom is 0.343 e. The van der Waals surface area contributed by atoms with E-state index < -0.39 is 34.7 Å². The molecule has 2 heterocycles. The van der Waals surface area contributed by atoms with Gasteiger partial charge in [0, 0.05) is 23.6 Å². The molecule has 1 aliphatic heterocycles. The van der Waals surface area contributed by atoms with Crippen molar-refractivity contribution < 1.29 is 37.0 Å². The third-order valence-corrected chi connectivity index (χ3v) is 7.15. The van der Waals surface area contributed by atoms with Gasteiger partial charge in [0.1, 0.15) is 11.9 Å². The van der Waals surface area contributed by atoms with Crippen LogP contribution in [0.4, 0.5) is 5.69 Å². The maximum atomic E-state index is 13.8. The number of esters is 2. The number of benzene rings is 1. The van der Waals surface area contributed by atoms with E-state index in [1.54, 1.807) is 25.1 Å². The first kappa shape index (κ1) is 24.8. The Labute approximate surface area is 199 Å². The molecule has 0 saturated carbocycles. The van der Waals surface area contributed by atoms with Crippen LogP contribution in [0.5, 0.6) is 11.6 Å². The van der Waals surface area contributed by atoms with Crippen LogP contribution < -0.4 is 13.8 Å². The third-order valence-electron chi connectivity index (χ3n) is 4.89. The Morgan fingerprint density at radius 1 is 1.24 bits per heavy atom. The Bertz CT molecular complexity index is 1130. The van der Waals surface area contributed by atoms with Gasteiger partial charge in [-0.15, -0.1) is 5.10 Å². The number of anilines is 1. The molecule has 0 unspecified atom stereocenters. The van der Waals surface area contributed by atoms with E-state index in [0.717, 1.165) is 0 Å². The molecule has 1 aromatic heterocycles. The summed E-state index contributed by atoms with van der Waals surface area (Å²) in [5.74, 6) is -0.954. The number of ether oxygens (including phenoxy) is 4. The molecular formula is C20H24BrN3O8S. The number of sulfonamides is 1. The lowest BCUT2D eigenvalue weighted by Crippen LogP contribution is -2.43. The predicted octanol–water partition coefficient (Wildman–Crippen LogP) is 2.13. The van der Waals surface area contributed by atoms with E-state index in [-0.39, 0.29) is 30.2 Å². The number of carbonyl (C=O) groups is 2. The van der Waals surface area contributed by atoms with Crippen LogP contribution in [0.15, 0.2) is 33.8 Å². The molecule has 33 heavy (non-hydrogen) atoms. The summed E-state index contributed by atoms with van der Waals surface area (Å²) in [4.78, 5) is 22.9. The number of hydrogen-bond donors (Lipinski definition) is 0. The van der Waals surface area contributed by atoms with Crippen LogP contribution >= 0.6 is 15.9 Å². The molecule has 11 nitrogen and oxygen atoms in total. The lowest BCUT2D eigenvalue weighted by Gasteiger charge is -2.35. The fourth-order valence-electron chi connectivity index (χ4n) is 3.17. The van der Waals surface area contributed by atoms with Crippen LogP contribution in [0, 0.1) is 0 Å².